The maximum Gasteiger partial charge on any atom is 0.391 e. The molecule has 8 heteroatoms. The van der Waals surface area contributed by atoms with E-state index in [1.165, 1.54) is 23.9 Å². The van der Waals surface area contributed by atoms with Crippen LogP contribution in [0, 0.1) is 0 Å². The van der Waals surface area contributed by atoms with Gasteiger partial charge in [-0.2, -0.15) is 18.3 Å². The number of amides is 1. The summed E-state index contributed by atoms with van der Waals surface area (Å²) < 4.78 is 37.3. The first-order valence-corrected chi connectivity index (χ1v) is 4.91. The van der Waals surface area contributed by atoms with Gasteiger partial charge in [0.2, 0.25) is 5.91 Å². The van der Waals surface area contributed by atoms with E-state index in [2.05, 4.69) is 10.4 Å². The van der Waals surface area contributed by atoms with Crippen molar-refractivity contribution in [2.45, 2.75) is 32.1 Å². The minimum atomic E-state index is -4.29. The van der Waals surface area contributed by atoms with Crippen LogP contribution < -0.4 is 11.1 Å². The molecule has 1 amide bonds. The van der Waals surface area contributed by atoms with E-state index < -0.39 is 24.5 Å². The first-order chi connectivity index (χ1) is 7.76. The summed E-state index contributed by atoms with van der Waals surface area (Å²) in [4.78, 5) is 11.3. The van der Waals surface area contributed by atoms with Crippen LogP contribution in [0.3, 0.4) is 0 Å². The monoisotopic (exact) mass is 250 g/mol. The Labute approximate surface area is 95.8 Å². The minimum absolute atomic E-state index is 0.153. The molecule has 0 aromatic carbocycles. The fraction of sp³-hybridized carbons (Fsp3) is 0.556. The number of rotatable bonds is 4. The molecule has 3 N–H and O–H groups in total. The third-order valence-corrected chi connectivity index (χ3v) is 1.91. The first kappa shape index (κ1) is 13.3. The number of hydrogen-bond acceptors (Lipinski definition) is 3. The van der Waals surface area contributed by atoms with Crippen molar-refractivity contribution in [1.29, 1.82) is 0 Å². The van der Waals surface area contributed by atoms with Crippen molar-refractivity contribution >= 4 is 11.7 Å². The molecule has 17 heavy (non-hydrogen) atoms. The average molecular weight is 250 g/mol. The highest BCUT2D eigenvalue weighted by Gasteiger charge is 2.30. The summed E-state index contributed by atoms with van der Waals surface area (Å²) in [6, 6.07) is 0.530. The number of nitrogens with two attached hydrogens (primary N) is 1. The van der Waals surface area contributed by atoms with E-state index in [0.717, 1.165) is 0 Å². The number of halogens is 3. The molecule has 1 unspecified atom stereocenters. The predicted octanol–water partition coefficient (Wildman–Crippen LogP) is 0.922. The Hall–Kier alpha value is -1.73. The molecule has 0 saturated carbocycles. The Bertz CT molecular complexity index is 388. The van der Waals surface area contributed by atoms with Gasteiger partial charge in [0.25, 0.3) is 0 Å². The van der Waals surface area contributed by atoms with Crippen molar-refractivity contribution in [3.63, 3.8) is 0 Å². The number of nitrogens with one attached hydrogen (secondary N) is 1. The second-order valence-electron chi connectivity index (χ2n) is 3.73. The highest BCUT2D eigenvalue weighted by molar-refractivity contribution is 5.75. The summed E-state index contributed by atoms with van der Waals surface area (Å²) in [5.74, 6) is -0.286. The van der Waals surface area contributed by atoms with Gasteiger partial charge in [0.05, 0.1) is 6.42 Å². The molecule has 0 aliphatic carbocycles. The zero-order chi connectivity index (χ0) is 13.1. The third kappa shape index (κ3) is 5.23. The van der Waals surface area contributed by atoms with E-state index in [9.17, 15) is 18.0 Å². The van der Waals surface area contributed by atoms with Crippen molar-refractivity contribution in [2.24, 2.45) is 0 Å². The number of anilines is 1. The maximum absolute atomic E-state index is 12.0. The van der Waals surface area contributed by atoms with E-state index in [1.807, 2.05) is 0 Å². The van der Waals surface area contributed by atoms with E-state index in [1.54, 1.807) is 0 Å². The van der Waals surface area contributed by atoms with Gasteiger partial charge in [0, 0.05) is 12.2 Å². The predicted molar refractivity (Wildman–Crippen MR) is 54.9 cm³/mol. The number of alkyl halides is 3. The SMILES string of the molecule is CC(CC(F)(F)F)NC(=O)Cn1ccc(N)n1. The molecule has 0 spiro atoms. The van der Waals surface area contributed by atoms with Crippen molar-refractivity contribution in [3.05, 3.63) is 12.3 Å². The van der Waals surface area contributed by atoms with Crippen LogP contribution in [0.1, 0.15) is 13.3 Å². The summed E-state index contributed by atoms with van der Waals surface area (Å²) in [5, 5.41) is 5.98. The molecule has 1 heterocycles. The lowest BCUT2D eigenvalue weighted by atomic mass is 10.2. The van der Waals surface area contributed by atoms with Gasteiger partial charge in [-0.3, -0.25) is 9.48 Å². The van der Waals surface area contributed by atoms with Crippen LogP contribution in [0.2, 0.25) is 0 Å². The van der Waals surface area contributed by atoms with Crippen molar-refractivity contribution in [1.82, 2.24) is 15.1 Å². The van der Waals surface area contributed by atoms with Gasteiger partial charge in [-0.1, -0.05) is 0 Å². The Morgan fingerprint density at radius 1 is 1.65 bits per heavy atom. The molecule has 1 aromatic rings. The van der Waals surface area contributed by atoms with Crippen molar-refractivity contribution in [2.75, 3.05) is 5.73 Å². The molecule has 0 aliphatic rings. The van der Waals surface area contributed by atoms with E-state index in [0.29, 0.717) is 0 Å². The lowest BCUT2D eigenvalue weighted by Gasteiger charge is -2.15. The van der Waals surface area contributed by atoms with Gasteiger partial charge in [0.1, 0.15) is 12.4 Å². The van der Waals surface area contributed by atoms with E-state index in [4.69, 9.17) is 5.73 Å². The average Bonchev–Trinajstić information content (AvgIpc) is 2.46. The molecular weight excluding hydrogens is 237 g/mol. The zero-order valence-corrected chi connectivity index (χ0v) is 9.16. The fourth-order valence-electron chi connectivity index (χ4n) is 1.33. The van der Waals surface area contributed by atoms with E-state index >= 15 is 0 Å². The number of carbonyl (C=O) groups is 1. The second kappa shape index (κ2) is 5.07. The maximum atomic E-state index is 12.0. The summed E-state index contributed by atoms with van der Waals surface area (Å²) in [6.45, 7) is 1.14. The largest absolute Gasteiger partial charge is 0.391 e. The lowest BCUT2D eigenvalue weighted by Crippen LogP contribution is -2.37. The number of nitrogens with zero attached hydrogens (tertiary/aromatic N) is 2. The zero-order valence-electron chi connectivity index (χ0n) is 9.16. The van der Waals surface area contributed by atoms with E-state index in [-0.39, 0.29) is 12.4 Å². The summed E-state index contributed by atoms with van der Waals surface area (Å²) >= 11 is 0. The number of nitrogen functional groups attached to an aromatic ring is 1. The van der Waals surface area contributed by atoms with Crippen LogP contribution >= 0.6 is 0 Å². The Kier molecular flexibility index (Phi) is 3.97. The van der Waals surface area contributed by atoms with Gasteiger partial charge in [-0.15, -0.1) is 0 Å². The summed E-state index contributed by atoms with van der Waals surface area (Å²) in [6.07, 6.45) is -3.87. The molecule has 0 radical (unpaired) electrons. The molecule has 0 bridgehead atoms. The van der Waals surface area contributed by atoms with Crippen LogP contribution in [0.25, 0.3) is 0 Å². The molecule has 0 fully saturated rings. The highest BCUT2D eigenvalue weighted by atomic mass is 19.4. The third-order valence-electron chi connectivity index (χ3n) is 1.91. The fourth-order valence-corrected chi connectivity index (χ4v) is 1.33. The molecule has 96 valence electrons. The smallest absolute Gasteiger partial charge is 0.382 e. The van der Waals surface area contributed by atoms with Crippen LogP contribution in [0.5, 0.6) is 0 Å². The first-order valence-electron chi connectivity index (χ1n) is 4.91. The normalized spacial score (nSPS) is 13.4. The topological polar surface area (TPSA) is 72.9 Å². The number of hydrogen-bond donors (Lipinski definition) is 2. The second-order valence-corrected chi connectivity index (χ2v) is 3.73. The van der Waals surface area contributed by atoms with Gasteiger partial charge < -0.3 is 11.1 Å². The quantitative estimate of drug-likeness (QED) is 0.834. The Balaban J connectivity index is 2.39. The molecule has 1 rings (SSSR count). The van der Waals surface area contributed by atoms with Crippen molar-refractivity contribution < 1.29 is 18.0 Å². The van der Waals surface area contributed by atoms with Gasteiger partial charge in [-0.05, 0) is 13.0 Å². The van der Waals surface area contributed by atoms with Crippen LogP contribution in [0.4, 0.5) is 19.0 Å². The van der Waals surface area contributed by atoms with Gasteiger partial charge in [0.15, 0.2) is 0 Å². The van der Waals surface area contributed by atoms with Gasteiger partial charge in [-0.25, -0.2) is 0 Å². The standard InChI is InChI=1S/C9H13F3N4O/c1-6(4-9(10,11)12)14-8(17)5-16-3-2-7(13)15-16/h2-3,6H,4-5H2,1H3,(H2,13,15)(H,14,17). The summed E-state index contributed by atoms with van der Waals surface area (Å²) in [5.41, 5.74) is 5.33. The molecule has 5 nitrogen and oxygen atoms in total. The van der Waals surface area contributed by atoms with Crippen LogP contribution in [-0.2, 0) is 11.3 Å². The molecule has 1 atom stereocenters. The highest BCUT2D eigenvalue weighted by Crippen LogP contribution is 2.21. The lowest BCUT2D eigenvalue weighted by molar-refractivity contribution is -0.141. The van der Waals surface area contributed by atoms with Crippen LogP contribution in [0.15, 0.2) is 12.3 Å². The molecule has 0 saturated heterocycles. The van der Waals surface area contributed by atoms with Gasteiger partial charge >= 0.3 is 6.18 Å². The summed E-state index contributed by atoms with van der Waals surface area (Å²) in [7, 11) is 0. The molecule has 0 aliphatic heterocycles. The van der Waals surface area contributed by atoms with Crippen LogP contribution in [-0.4, -0.2) is 27.9 Å². The Morgan fingerprint density at radius 3 is 2.76 bits per heavy atom. The molecular formula is C9H13F3N4O. The number of aromatic nitrogens is 2. The minimum Gasteiger partial charge on any atom is -0.382 e. The molecule has 1 aromatic heterocycles. The Morgan fingerprint density at radius 2 is 2.29 bits per heavy atom. The van der Waals surface area contributed by atoms with Crippen molar-refractivity contribution in [3.8, 4) is 0 Å². The number of carbonyl (C=O) groups excluding carboxylic acids is 1.